The Bertz CT molecular complexity index is 758. The quantitative estimate of drug-likeness (QED) is 0.560. The van der Waals surface area contributed by atoms with E-state index in [1.807, 2.05) is 39.0 Å². The van der Waals surface area contributed by atoms with Gasteiger partial charge in [0.15, 0.2) is 6.10 Å². The van der Waals surface area contributed by atoms with E-state index < -0.39 is 12.1 Å². The molecule has 0 unspecified atom stereocenters. The van der Waals surface area contributed by atoms with Crippen molar-refractivity contribution in [3.05, 3.63) is 47.3 Å². The fourth-order valence-corrected chi connectivity index (χ4v) is 3.05. The van der Waals surface area contributed by atoms with E-state index in [1.165, 1.54) is 11.8 Å². The molecule has 1 amide bonds. The van der Waals surface area contributed by atoms with Gasteiger partial charge in [-0.25, -0.2) is 4.79 Å². The normalized spacial score (nSPS) is 12.0. The molecular weight excluding hydrogens is 352 g/mol. The minimum atomic E-state index is -0.850. The zero-order valence-electron chi connectivity index (χ0n) is 15.4. The molecule has 0 saturated heterocycles. The van der Waals surface area contributed by atoms with Gasteiger partial charge in [-0.05, 0) is 31.9 Å². The molecular formula is C19H24N2O4S. The van der Waals surface area contributed by atoms with Crippen LogP contribution in [0, 0.1) is 12.8 Å². The maximum Gasteiger partial charge on any atom is 0.340 e. The van der Waals surface area contributed by atoms with Gasteiger partial charge in [0.1, 0.15) is 5.76 Å². The van der Waals surface area contributed by atoms with E-state index in [0.29, 0.717) is 23.8 Å². The number of thioether (sulfide) groups is 1. The molecule has 0 saturated carbocycles. The molecule has 0 spiro atoms. The molecule has 0 fully saturated rings. The van der Waals surface area contributed by atoms with Gasteiger partial charge in [0.25, 0.3) is 5.91 Å². The summed E-state index contributed by atoms with van der Waals surface area (Å²) in [7, 11) is 0. The number of carbonyl (C=O) groups is 2. The van der Waals surface area contributed by atoms with Crippen molar-refractivity contribution in [1.82, 2.24) is 10.5 Å². The summed E-state index contributed by atoms with van der Waals surface area (Å²) < 4.78 is 10.4. The second-order valence-electron chi connectivity index (χ2n) is 6.40. The SMILES string of the molecule is Cc1cc(CSc2ccccc2C(=O)O[C@@H](C)C(=O)NCC(C)C)no1. The highest BCUT2D eigenvalue weighted by Crippen LogP contribution is 2.27. The van der Waals surface area contributed by atoms with Gasteiger partial charge < -0.3 is 14.6 Å². The average Bonchev–Trinajstić information content (AvgIpc) is 3.03. The monoisotopic (exact) mass is 376 g/mol. The number of hydrogen-bond donors (Lipinski definition) is 1. The van der Waals surface area contributed by atoms with Crippen LogP contribution in [-0.4, -0.2) is 29.7 Å². The van der Waals surface area contributed by atoms with E-state index in [-0.39, 0.29) is 5.91 Å². The maximum absolute atomic E-state index is 12.5. The first-order valence-corrected chi connectivity index (χ1v) is 9.48. The Hall–Kier alpha value is -2.28. The number of nitrogens with zero attached hydrogens (tertiary/aromatic N) is 1. The zero-order valence-corrected chi connectivity index (χ0v) is 16.3. The maximum atomic E-state index is 12.5. The number of esters is 1. The van der Waals surface area contributed by atoms with Crippen LogP contribution in [0.25, 0.3) is 0 Å². The molecule has 0 aliphatic heterocycles. The Morgan fingerprint density at radius 1 is 1.27 bits per heavy atom. The van der Waals surface area contributed by atoms with Crippen LogP contribution >= 0.6 is 11.8 Å². The van der Waals surface area contributed by atoms with Gasteiger partial charge in [-0.15, -0.1) is 11.8 Å². The molecule has 0 bridgehead atoms. The van der Waals surface area contributed by atoms with Crippen molar-refractivity contribution in [3.8, 4) is 0 Å². The van der Waals surface area contributed by atoms with Gasteiger partial charge in [0, 0.05) is 23.3 Å². The molecule has 0 aliphatic rings. The lowest BCUT2D eigenvalue weighted by molar-refractivity contribution is -0.129. The highest BCUT2D eigenvalue weighted by atomic mass is 32.2. The Kier molecular flexibility index (Phi) is 7.26. The van der Waals surface area contributed by atoms with Crippen molar-refractivity contribution in [1.29, 1.82) is 0 Å². The number of aryl methyl sites for hydroxylation is 1. The number of amides is 1. The van der Waals surface area contributed by atoms with Crippen LogP contribution in [0.1, 0.15) is 42.6 Å². The molecule has 1 aromatic carbocycles. The minimum Gasteiger partial charge on any atom is -0.449 e. The summed E-state index contributed by atoms with van der Waals surface area (Å²) in [5.74, 6) is 0.840. The highest BCUT2D eigenvalue weighted by Gasteiger charge is 2.21. The van der Waals surface area contributed by atoms with E-state index in [2.05, 4.69) is 10.5 Å². The molecule has 1 N–H and O–H groups in total. The number of aromatic nitrogens is 1. The fraction of sp³-hybridized carbons (Fsp3) is 0.421. The van der Waals surface area contributed by atoms with E-state index in [4.69, 9.17) is 9.26 Å². The van der Waals surface area contributed by atoms with E-state index in [0.717, 1.165) is 16.3 Å². The van der Waals surface area contributed by atoms with Gasteiger partial charge in [-0.2, -0.15) is 0 Å². The van der Waals surface area contributed by atoms with Crippen LogP contribution in [0.5, 0.6) is 0 Å². The standard InChI is InChI=1S/C19H24N2O4S/c1-12(2)10-20-18(22)14(4)24-19(23)16-7-5-6-8-17(16)26-11-15-9-13(3)25-21-15/h5-9,12,14H,10-11H2,1-4H3,(H,20,22)/t14-/m0/s1. The van der Waals surface area contributed by atoms with Gasteiger partial charge >= 0.3 is 5.97 Å². The first kappa shape index (κ1) is 20.0. The molecule has 1 heterocycles. The topological polar surface area (TPSA) is 81.4 Å². The predicted octanol–water partition coefficient (Wildman–Crippen LogP) is 3.59. The number of rotatable bonds is 8. The van der Waals surface area contributed by atoms with Crippen molar-refractivity contribution in [2.45, 2.75) is 44.4 Å². The molecule has 26 heavy (non-hydrogen) atoms. The first-order valence-electron chi connectivity index (χ1n) is 8.49. The van der Waals surface area contributed by atoms with Gasteiger partial charge in [0.2, 0.25) is 0 Å². The van der Waals surface area contributed by atoms with Crippen LogP contribution in [0.2, 0.25) is 0 Å². The number of nitrogens with one attached hydrogen (secondary N) is 1. The summed E-state index contributed by atoms with van der Waals surface area (Å²) in [6, 6.07) is 9.01. The second-order valence-corrected chi connectivity index (χ2v) is 7.42. The van der Waals surface area contributed by atoms with Crippen molar-refractivity contribution in [2.24, 2.45) is 5.92 Å². The van der Waals surface area contributed by atoms with E-state index in [1.54, 1.807) is 19.1 Å². The Labute approximate surface area is 157 Å². The predicted molar refractivity (Wildman–Crippen MR) is 100.0 cm³/mol. The number of carbonyl (C=O) groups excluding carboxylic acids is 2. The molecule has 0 aliphatic carbocycles. The summed E-state index contributed by atoms with van der Waals surface area (Å²) >= 11 is 1.47. The van der Waals surface area contributed by atoms with E-state index >= 15 is 0 Å². The molecule has 140 valence electrons. The summed E-state index contributed by atoms with van der Waals surface area (Å²) in [6.45, 7) is 7.95. The molecule has 2 aromatic rings. The third kappa shape index (κ3) is 5.91. The van der Waals surface area contributed by atoms with Crippen LogP contribution in [0.3, 0.4) is 0 Å². The molecule has 1 aromatic heterocycles. The lowest BCUT2D eigenvalue weighted by Gasteiger charge is -2.15. The summed E-state index contributed by atoms with van der Waals surface area (Å²) in [4.78, 5) is 25.3. The molecule has 2 rings (SSSR count). The number of ether oxygens (including phenoxy) is 1. The van der Waals surface area contributed by atoms with Gasteiger partial charge in [0.05, 0.1) is 11.3 Å². The summed E-state index contributed by atoms with van der Waals surface area (Å²) in [5, 5.41) is 6.71. The smallest absolute Gasteiger partial charge is 0.340 e. The highest BCUT2D eigenvalue weighted by molar-refractivity contribution is 7.98. The summed E-state index contributed by atoms with van der Waals surface area (Å²) in [6.07, 6.45) is -0.850. The lowest BCUT2D eigenvalue weighted by Crippen LogP contribution is -2.37. The number of hydrogen-bond acceptors (Lipinski definition) is 6. The second kappa shape index (κ2) is 9.43. The van der Waals surface area contributed by atoms with Crippen molar-refractivity contribution >= 4 is 23.6 Å². The van der Waals surface area contributed by atoms with Crippen molar-refractivity contribution in [3.63, 3.8) is 0 Å². The fourth-order valence-electron chi connectivity index (χ4n) is 2.12. The minimum absolute atomic E-state index is 0.296. The average molecular weight is 376 g/mol. The lowest BCUT2D eigenvalue weighted by atomic mass is 10.2. The molecule has 1 atom stereocenters. The molecule has 0 radical (unpaired) electrons. The molecule has 6 nitrogen and oxygen atoms in total. The van der Waals surface area contributed by atoms with Crippen molar-refractivity contribution < 1.29 is 18.8 Å². The Balaban J connectivity index is 1.98. The van der Waals surface area contributed by atoms with Crippen molar-refractivity contribution in [2.75, 3.05) is 6.54 Å². The third-order valence-electron chi connectivity index (χ3n) is 3.50. The molecule has 7 heteroatoms. The zero-order chi connectivity index (χ0) is 19.1. The van der Waals surface area contributed by atoms with Crippen LogP contribution in [0.15, 0.2) is 39.8 Å². The summed E-state index contributed by atoms with van der Waals surface area (Å²) in [5.41, 5.74) is 1.23. The Morgan fingerprint density at radius 3 is 2.65 bits per heavy atom. The number of benzene rings is 1. The van der Waals surface area contributed by atoms with Gasteiger partial charge in [-0.3, -0.25) is 4.79 Å². The largest absolute Gasteiger partial charge is 0.449 e. The Morgan fingerprint density at radius 2 is 2.00 bits per heavy atom. The van der Waals surface area contributed by atoms with Crippen LogP contribution < -0.4 is 5.32 Å². The first-order chi connectivity index (χ1) is 12.4. The third-order valence-corrected chi connectivity index (χ3v) is 4.60. The van der Waals surface area contributed by atoms with E-state index in [9.17, 15) is 9.59 Å². The van der Waals surface area contributed by atoms with Gasteiger partial charge in [-0.1, -0.05) is 31.1 Å². The van der Waals surface area contributed by atoms with Crippen LogP contribution in [0.4, 0.5) is 0 Å². The van der Waals surface area contributed by atoms with Crippen LogP contribution in [-0.2, 0) is 15.3 Å².